The minimum atomic E-state index is -0.601. The summed E-state index contributed by atoms with van der Waals surface area (Å²) in [7, 11) is 0. The Morgan fingerprint density at radius 2 is 1.96 bits per heavy atom. The summed E-state index contributed by atoms with van der Waals surface area (Å²) in [6, 6.07) is 16.4. The Hall–Kier alpha value is -2.28. The quantitative estimate of drug-likeness (QED) is 0.681. The molecular formula is C22H27FN2O3. The van der Waals surface area contributed by atoms with Crippen molar-refractivity contribution in [3.05, 3.63) is 71.5 Å². The fourth-order valence-electron chi connectivity index (χ4n) is 3.27. The highest BCUT2D eigenvalue weighted by Crippen LogP contribution is 2.19. The summed E-state index contributed by atoms with van der Waals surface area (Å²) >= 11 is 0. The van der Waals surface area contributed by atoms with E-state index in [1.54, 1.807) is 12.1 Å². The molecule has 1 aliphatic rings. The van der Waals surface area contributed by atoms with E-state index < -0.39 is 6.10 Å². The molecule has 0 amide bonds. The van der Waals surface area contributed by atoms with E-state index >= 15 is 0 Å². The summed E-state index contributed by atoms with van der Waals surface area (Å²) in [4.78, 5) is 7.75. The van der Waals surface area contributed by atoms with E-state index in [9.17, 15) is 9.50 Å². The van der Waals surface area contributed by atoms with Gasteiger partial charge in [0.1, 0.15) is 11.9 Å². The molecule has 0 spiro atoms. The van der Waals surface area contributed by atoms with Crippen molar-refractivity contribution >= 4 is 5.71 Å². The SMILES string of the molecule is CCOCC(O)CN(Cc1ccc(F)cc1)CC1CC(c2ccccc2)=NO1. The van der Waals surface area contributed by atoms with E-state index in [4.69, 9.17) is 9.57 Å². The van der Waals surface area contributed by atoms with E-state index in [0.29, 0.717) is 32.7 Å². The first kappa shape index (κ1) is 20.5. The van der Waals surface area contributed by atoms with Gasteiger partial charge < -0.3 is 14.7 Å². The Labute approximate surface area is 165 Å². The van der Waals surface area contributed by atoms with Gasteiger partial charge in [-0.15, -0.1) is 0 Å². The minimum absolute atomic E-state index is 0.0880. The van der Waals surface area contributed by atoms with Crippen LogP contribution in [0.15, 0.2) is 59.8 Å². The van der Waals surface area contributed by atoms with Crippen molar-refractivity contribution in [1.29, 1.82) is 0 Å². The number of benzene rings is 2. The lowest BCUT2D eigenvalue weighted by molar-refractivity contribution is 0.000489. The molecule has 0 fully saturated rings. The Kier molecular flexibility index (Phi) is 7.54. The van der Waals surface area contributed by atoms with Crippen molar-refractivity contribution in [2.24, 2.45) is 5.16 Å². The molecule has 0 saturated carbocycles. The molecule has 28 heavy (non-hydrogen) atoms. The summed E-state index contributed by atoms with van der Waals surface area (Å²) in [6.45, 7) is 4.39. The van der Waals surface area contributed by atoms with E-state index in [1.807, 2.05) is 37.3 Å². The molecule has 2 atom stereocenters. The first-order chi connectivity index (χ1) is 13.6. The molecule has 3 rings (SSSR count). The van der Waals surface area contributed by atoms with Crippen LogP contribution in [0.25, 0.3) is 0 Å². The van der Waals surface area contributed by atoms with Crippen LogP contribution in [0.1, 0.15) is 24.5 Å². The smallest absolute Gasteiger partial charge is 0.145 e. The van der Waals surface area contributed by atoms with Gasteiger partial charge in [-0.3, -0.25) is 4.90 Å². The average Bonchev–Trinajstić information content (AvgIpc) is 3.17. The van der Waals surface area contributed by atoms with Crippen LogP contribution in [-0.2, 0) is 16.1 Å². The maximum Gasteiger partial charge on any atom is 0.145 e. The number of rotatable bonds is 10. The third-order valence-electron chi connectivity index (χ3n) is 4.60. The standard InChI is InChI=1S/C22H27FN2O3/c1-2-27-16-20(26)14-25(13-17-8-10-19(23)11-9-17)15-21-12-22(24-28-21)18-6-4-3-5-7-18/h3-11,20-21,26H,2,12-16H2,1H3. The molecule has 150 valence electrons. The van der Waals surface area contributed by atoms with Gasteiger partial charge in [-0.2, -0.15) is 0 Å². The van der Waals surface area contributed by atoms with Crippen molar-refractivity contribution in [1.82, 2.24) is 4.90 Å². The van der Waals surface area contributed by atoms with Crippen LogP contribution in [0.5, 0.6) is 0 Å². The number of hydrogen-bond donors (Lipinski definition) is 1. The maximum atomic E-state index is 13.2. The molecule has 0 bridgehead atoms. The summed E-state index contributed by atoms with van der Waals surface area (Å²) in [5.41, 5.74) is 2.97. The first-order valence-corrected chi connectivity index (χ1v) is 9.64. The second-order valence-corrected chi connectivity index (χ2v) is 6.97. The molecule has 1 aliphatic heterocycles. The summed E-state index contributed by atoms with van der Waals surface area (Å²) < 4.78 is 18.5. The average molecular weight is 386 g/mol. The first-order valence-electron chi connectivity index (χ1n) is 9.64. The van der Waals surface area contributed by atoms with Gasteiger partial charge in [-0.05, 0) is 30.2 Å². The van der Waals surface area contributed by atoms with E-state index in [1.165, 1.54) is 12.1 Å². The van der Waals surface area contributed by atoms with Crippen molar-refractivity contribution in [2.75, 3.05) is 26.3 Å². The van der Waals surface area contributed by atoms with Gasteiger partial charge in [0.25, 0.3) is 0 Å². The number of halogens is 1. The van der Waals surface area contributed by atoms with Gasteiger partial charge in [0.15, 0.2) is 0 Å². The van der Waals surface area contributed by atoms with Crippen LogP contribution in [-0.4, -0.2) is 54.2 Å². The van der Waals surface area contributed by atoms with Crippen LogP contribution in [0, 0.1) is 5.82 Å². The zero-order valence-corrected chi connectivity index (χ0v) is 16.1. The van der Waals surface area contributed by atoms with Crippen molar-refractivity contribution in [2.45, 2.75) is 32.1 Å². The number of nitrogens with zero attached hydrogens (tertiary/aromatic N) is 2. The molecule has 0 aliphatic carbocycles. The third kappa shape index (κ3) is 6.12. The molecule has 2 aromatic carbocycles. The van der Waals surface area contributed by atoms with Crippen molar-refractivity contribution in [3.63, 3.8) is 0 Å². The highest BCUT2D eigenvalue weighted by molar-refractivity contribution is 6.01. The maximum absolute atomic E-state index is 13.2. The lowest BCUT2D eigenvalue weighted by Gasteiger charge is -2.27. The molecule has 6 heteroatoms. The summed E-state index contributed by atoms with van der Waals surface area (Å²) in [5, 5.41) is 14.5. The van der Waals surface area contributed by atoms with Gasteiger partial charge in [0.05, 0.1) is 18.4 Å². The fourth-order valence-corrected chi connectivity index (χ4v) is 3.27. The van der Waals surface area contributed by atoms with E-state index in [0.717, 1.165) is 16.8 Å². The van der Waals surface area contributed by atoms with Gasteiger partial charge in [0.2, 0.25) is 0 Å². The number of hydrogen-bond acceptors (Lipinski definition) is 5. The monoisotopic (exact) mass is 386 g/mol. The van der Waals surface area contributed by atoms with Gasteiger partial charge in [-0.1, -0.05) is 47.6 Å². The zero-order valence-electron chi connectivity index (χ0n) is 16.1. The van der Waals surface area contributed by atoms with Gasteiger partial charge in [0, 0.05) is 32.7 Å². The van der Waals surface area contributed by atoms with Crippen LogP contribution in [0.4, 0.5) is 4.39 Å². The lowest BCUT2D eigenvalue weighted by Crippen LogP contribution is -2.39. The fraction of sp³-hybridized carbons (Fsp3) is 0.409. The molecule has 0 radical (unpaired) electrons. The van der Waals surface area contributed by atoms with Crippen molar-refractivity contribution < 1.29 is 19.1 Å². The topological polar surface area (TPSA) is 54.3 Å². The normalized spacial score (nSPS) is 17.4. The predicted molar refractivity (Wildman–Crippen MR) is 107 cm³/mol. The summed E-state index contributed by atoms with van der Waals surface area (Å²) in [6.07, 6.45) is 0.0251. The molecule has 1 N–H and O–H groups in total. The number of ether oxygens (including phenoxy) is 1. The second-order valence-electron chi connectivity index (χ2n) is 6.97. The predicted octanol–water partition coefficient (Wildman–Crippen LogP) is 3.22. The number of oxime groups is 1. The van der Waals surface area contributed by atoms with Crippen LogP contribution in [0.2, 0.25) is 0 Å². The number of aliphatic hydroxyl groups is 1. The van der Waals surface area contributed by atoms with E-state index in [2.05, 4.69) is 10.1 Å². The van der Waals surface area contributed by atoms with Gasteiger partial charge in [-0.25, -0.2) is 4.39 Å². The second kappa shape index (κ2) is 10.3. The van der Waals surface area contributed by atoms with Crippen LogP contribution >= 0.6 is 0 Å². The number of aliphatic hydroxyl groups excluding tert-OH is 1. The van der Waals surface area contributed by atoms with Crippen LogP contribution in [0.3, 0.4) is 0 Å². The Bertz CT molecular complexity index is 752. The van der Waals surface area contributed by atoms with Crippen LogP contribution < -0.4 is 0 Å². The molecule has 5 nitrogen and oxygen atoms in total. The lowest BCUT2D eigenvalue weighted by atomic mass is 10.0. The minimum Gasteiger partial charge on any atom is -0.390 e. The largest absolute Gasteiger partial charge is 0.390 e. The Morgan fingerprint density at radius 3 is 2.68 bits per heavy atom. The molecule has 2 aromatic rings. The highest BCUT2D eigenvalue weighted by Gasteiger charge is 2.25. The molecule has 0 aromatic heterocycles. The Balaban J connectivity index is 1.61. The third-order valence-corrected chi connectivity index (χ3v) is 4.60. The molecule has 2 unspecified atom stereocenters. The van der Waals surface area contributed by atoms with Crippen molar-refractivity contribution in [3.8, 4) is 0 Å². The summed E-state index contributed by atoms with van der Waals surface area (Å²) in [5.74, 6) is -0.258. The van der Waals surface area contributed by atoms with Gasteiger partial charge >= 0.3 is 0 Å². The van der Waals surface area contributed by atoms with E-state index in [-0.39, 0.29) is 18.5 Å². The zero-order chi connectivity index (χ0) is 19.8. The molecule has 1 heterocycles. The highest BCUT2D eigenvalue weighted by atomic mass is 19.1. The molecular weight excluding hydrogens is 359 g/mol. The molecule has 0 saturated heterocycles. The Morgan fingerprint density at radius 1 is 1.21 bits per heavy atom.